The van der Waals surface area contributed by atoms with E-state index in [-0.39, 0.29) is 0 Å². The fourth-order valence-corrected chi connectivity index (χ4v) is 6.04. The van der Waals surface area contributed by atoms with Crippen LogP contribution in [-0.2, 0) is 0 Å². The summed E-state index contributed by atoms with van der Waals surface area (Å²) < 4.78 is 2.67. The van der Waals surface area contributed by atoms with E-state index in [2.05, 4.69) is 104 Å². The minimum atomic E-state index is 1.02. The molecule has 0 radical (unpaired) electrons. The molecule has 150 valence electrons. The molecule has 7 rings (SSSR count). The van der Waals surface area contributed by atoms with Crippen molar-refractivity contribution in [3.63, 3.8) is 0 Å². The quantitative estimate of drug-likeness (QED) is 0.239. The van der Waals surface area contributed by atoms with Gasteiger partial charge in [-0.1, -0.05) is 66.2 Å². The molecule has 2 heteroatoms. The van der Waals surface area contributed by atoms with Crippen LogP contribution in [0.5, 0.6) is 0 Å². The van der Waals surface area contributed by atoms with Gasteiger partial charge in [0, 0.05) is 36.5 Å². The molecule has 2 aromatic heterocycles. The van der Waals surface area contributed by atoms with Crippen molar-refractivity contribution in [3.05, 3.63) is 103 Å². The Labute approximate surface area is 189 Å². The summed E-state index contributed by atoms with van der Waals surface area (Å²) in [4.78, 5) is 5.22. The number of pyridine rings is 1. The van der Waals surface area contributed by atoms with Gasteiger partial charge in [0.25, 0.3) is 0 Å². The summed E-state index contributed by atoms with van der Waals surface area (Å²) in [6.45, 7) is 2.16. The van der Waals surface area contributed by atoms with Crippen LogP contribution in [0.25, 0.3) is 63.9 Å². The molecular weight excluding hydrogens is 406 g/mol. The number of thiophene rings is 1. The van der Waals surface area contributed by atoms with Gasteiger partial charge in [-0.05, 0) is 59.5 Å². The molecule has 0 saturated carbocycles. The number of hydrogen-bond acceptors (Lipinski definition) is 2. The third kappa shape index (κ3) is 2.54. The van der Waals surface area contributed by atoms with E-state index in [9.17, 15) is 0 Å². The van der Waals surface area contributed by atoms with Gasteiger partial charge in [-0.15, -0.1) is 11.3 Å². The lowest BCUT2D eigenvalue weighted by molar-refractivity contribution is 1.42. The molecular formula is C30H19NS. The second kappa shape index (κ2) is 6.62. The van der Waals surface area contributed by atoms with Crippen LogP contribution in [0.15, 0.2) is 97.1 Å². The number of hydrogen-bond donors (Lipinski definition) is 0. The van der Waals surface area contributed by atoms with Crippen LogP contribution in [0.4, 0.5) is 0 Å². The zero-order valence-electron chi connectivity index (χ0n) is 17.6. The average Bonchev–Trinajstić information content (AvgIpc) is 3.21. The lowest BCUT2D eigenvalue weighted by Gasteiger charge is -2.11. The van der Waals surface area contributed by atoms with Gasteiger partial charge in [0.15, 0.2) is 0 Å². The van der Waals surface area contributed by atoms with E-state index < -0.39 is 0 Å². The van der Waals surface area contributed by atoms with Crippen molar-refractivity contribution in [2.75, 3.05) is 0 Å². The first-order chi connectivity index (χ1) is 15.8. The first kappa shape index (κ1) is 17.9. The Bertz CT molecular complexity index is 1810. The van der Waals surface area contributed by atoms with E-state index in [1.54, 1.807) is 0 Å². The normalized spacial score (nSPS) is 11.9. The Morgan fingerprint density at radius 1 is 0.531 bits per heavy atom. The molecule has 0 aliphatic rings. The topological polar surface area (TPSA) is 12.9 Å². The van der Waals surface area contributed by atoms with Crippen LogP contribution in [-0.4, -0.2) is 4.98 Å². The predicted octanol–water partition coefficient (Wildman–Crippen LogP) is 8.88. The van der Waals surface area contributed by atoms with Gasteiger partial charge in [-0.2, -0.15) is 0 Å². The summed E-state index contributed by atoms with van der Waals surface area (Å²) in [7, 11) is 0. The number of rotatable bonds is 1. The minimum absolute atomic E-state index is 1.02. The monoisotopic (exact) mass is 425 g/mol. The Balaban J connectivity index is 1.53. The van der Waals surface area contributed by atoms with Crippen LogP contribution in [0.1, 0.15) is 5.56 Å². The minimum Gasteiger partial charge on any atom is -0.247 e. The molecule has 5 aromatic carbocycles. The zero-order chi connectivity index (χ0) is 21.2. The van der Waals surface area contributed by atoms with E-state index >= 15 is 0 Å². The first-order valence-corrected chi connectivity index (χ1v) is 11.7. The summed E-state index contributed by atoms with van der Waals surface area (Å²) >= 11 is 1.86. The molecule has 1 nitrogen and oxygen atoms in total. The standard InChI is InChI=1S/C30H19NS/c1-18-10-14-28-25(16-18)26-17-19(11-15-29(26)32-28)27-13-12-24-22-8-3-2-6-20(22)21-7-4-5-9-23(21)30(24)31-27/h2-17H,1H3. The summed E-state index contributed by atoms with van der Waals surface area (Å²) in [5, 5.41) is 8.87. The van der Waals surface area contributed by atoms with Gasteiger partial charge in [0.1, 0.15) is 0 Å². The molecule has 32 heavy (non-hydrogen) atoms. The Hall–Kier alpha value is -3.75. The van der Waals surface area contributed by atoms with Crippen LogP contribution in [0.3, 0.4) is 0 Å². The van der Waals surface area contributed by atoms with Crippen molar-refractivity contribution < 1.29 is 0 Å². The van der Waals surface area contributed by atoms with Crippen molar-refractivity contribution in [2.24, 2.45) is 0 Å². The lowest BCUT2D eigenvalue weighted by Crippen LogP contribution is -1.89. The largest absolute Gasteiger partial charge is 0.247 e. The zero-order valence-corrected chi connectivity index (χ0v) is 18.4. The van der Waals surface area contributed by atoms with Gasteiger partial charge in [-0.3, -0.25) is 0 Å². The SMILES string of the molecule is Cc1ccc2sc3ccc(-c4ccc5c6ccccc6c6ccccc6c5n4)cc3c2c1. The van der Waals surface area contributed by atoms with Crippen molar-refractivity contribution in [1.82, 2.24) is 4.98 Å². The molecule has 0 fully saturated rings. The number of nitrogens with zero attached hydrogens (tertiary/aromatic N) is 1. The van der Waals surface area contributed by atoms with Gasteiger partial charge >= 0.3 is 0 Å². The van der Waals surface area contributed by atoms with Crippen molar-refractivity contribution in [1.29, 1.82) is 0 Å². The second-order valence-electron chi connectivity index (χ2n) is 8.50. The molecule has 0 bridgehead atoms. The number of aryl methyl sites for hydroxylation is 1. The van der Waals surface area contributed by atoms with E-state index in [0.29, 0.717) is 0 Å². The summed E-state index contributed by atoms with van der Waals surface area (Å²) in [6.07, 6.45) is 0. The van der Waals surface area contributed by atoms with Crippen molar-refractivity contribution in [3.8, 4) is 11.3 Å². The van der Waals surface area contributed by atoms with E-state index in [0.717, 1.165) is 16.8 Å². The molecule has 0 atom stereocenters. The van der Waals surface area contributed by atoms with E-state index in [1.165, 1.54) is 52.7 Å². The van der Waals surface area contributed by atoms with E-state index in [4.69, 9.17) is 4.98 Å². The molecule has 0 aliphatic carbocycles. The second-order valence-corrected chi connectivity index (χ2v) is 9.58. The molecule has 2 heterocycles. The maximum absolute atomic E-state index is 5.22. The molecule has 0 saturated heterocycles. The summed E-state index contributed by atoms with van der Waals surface area (Å²) in [5.74, 6) is 0. The number of benzene rings is 5. The van der Waals surface area contributed by atoms with Crippen molar-refractivity contribution >= 4 is 64.0 Å². The maximum Gasteiger partial charge on any atom is 0.0794 e. The highest BCUT2D eigenvalue weighted by atomic mass is 32.1. The fourth-order valence-electron chi connectivity index (χ4n) is 4.97. The Morgan fingerprint density at radius 2 is 1.12 bits per heavy atom. The Kier molecular flexibility index (Phi) is 3.70. The first-order valence-electron chi connectivity index (χ1n) is 10.9. The molecule has 0 N–H and O–H groups in total. The smallest absolute Gasteiger partial charge is 0.0794 e. The van der Waals surface area contributed by atoms with Gasteiger partial charge in [-0.25, -0.2) is 4.98 Å². The number of aromatic nitrogens is 1. The van der Waals surface area contributed by atoms with Crippen LogP contribution >= 0.6 is 11.3 Å². The summed E-state index contributed by atoms with van der Waals surface area (Å²) in [5.41, 5.74) is 4.55. The highest BCUT2D eigenvalue weighted by Crippen LogP contribution is 2.38. The van der Waals surface area contributed by atoms with E-state index in [1.807, 2.05) is 11.3 Å². The third-order valence-corrected chi connectivity index (χ3v) is 7.66. The number of fused-ring (bicyclic) bond motifs is 9. The molecule has 0 unspecified atom stereocenters. The molecule has 7 aromatic rings. The molecule has 0 spiro atoms. The van der Waals surface area contributed by atoms with Gasteiger partial charge < -0.3 is 0 Å². The summed E-state index contributed by atoms with van der Waals surface area (Å²) in [6, 6.07) is 35.2. The molecule has 0 amide bonds. The highest BCUT2D eigenvalue weighted by molar-refractivity contribution is 7.25. The molecule has 0 aliphatic heterocycles. The van der Waals surface area contributed by atoms with Crippen LogP contribution in [0.2, 0.25) is 0 Å². The van der Waals surface area contributed by atoms with Gasteiger partial charge in [0.2, 0.25) is 0 Å². The van der Waals surface area contributed by atoms with Crippen LogP contribution in [0, 0.1) is 6.92 Å². The van der Waals surface area contributed by atoms with Gasteiger partial charge in [0.05, 0.1) is 11.2 Å². The lowest BCUT2D eigenvalue weighted by atomic mass is 9.96. The third-order valence-electron chi connectivity index (χ3n) is 6.51. The average molecular weight is 426 g/mol. The highest BCUT2D eigenvalue weighted by Gasteiger charge is 2.12. The maximum atomic E-state index is 5.22. The fraction of sp³-hybridized carbons (Fsp3) is 0.0333. The van der Waals surface area contributed by atoms with Crippen LogP contribution < -0.4 is 0 Å². The Morgan fingerprint density at radius 3 is 1.88 bits per heavy atom. The van der Waals surface area contributed by atoms with Crippen molar-refractivity contribution in [2.45, 2.75) is 6.92 Å². The predicted molar refractivity (Wildman–Crippen MR) is 140 cm³/mol.